The van der Waals surface area contributed by atoms with E-state index in [1.807, 2.05) is 19.9 Å². The normalized spacial score (nSPS) is 11.6. The lowest BCUT2D eigenvalue weighted by atomic mass is 10.0. The molecule has 0 bridgehead atoms. The number of rotatable bonds is 11. The summed E-state index contributed by atoms with van der Waals surface area (Å²) in [5.41, 5.74) is 1.85. The first kappa shape index (κ1) is 26.1. The number of ether oxygens (including phenoxy) is 2. The molecule has 0 saturated carbocycles. The van der Waals surface area contributed by atoms with Crippen molar-refractivity contribution in [1.82, 2.24) is 14.8 Å². The van der Waals surface area contributed by atoms with Crippen LogP contribution in [0.25, 0.3) is 5.82 Å². The summed E-state index contributed by atoms with van der Waals surface area (Å²) in [4.78, 5) is 14.8. The zero-order valence-corrected chi connectivity index (χ0v) is 19.8. The van der Waals surface area contributed by atoms with Gasteiger partial charge in [-0.25, -0.2) is 9.67 Å². The highest BCUT2D eigenvalue weighted by atomic mass is 19.4. The Kier molecular flexibility index (Phi) is 8.37. The standard InChI is InChI=1S/C25H28F3N3O4/c1-16(2)24-18(15-31(30-24)22-10-8-19(14-29-22)25(26,27)28)5-4-12-35-21-13-17(7-11-23(32)33)6-9-20(21)34-3/h6,8-10,13-16H,4-5,7,11-12H2,1-3H3,(H,32,33). The zero-order valence-electron chi connectivity index (χ0n) is 19.8. The Morgan fingerprint density at radius 3 is 2.51 bits per heavy atom. The van der Waals surface area contributed by atoms with Crippen molar-refractivity contribution in [2.24, 2.45) is 0 Å². The first-order valence-electron chi connectivity index (χ1n) is 11.2. The molecule has 35 heavy (non-hydrogen) atoms. The van der Waals surface area contributed by atoms with Crippen LogP contribution in [0.2, 0.25) is 0 Å². The molecule has 0 atom stereocenters. The van der Waals surface area contributed by atoms with Crippen LogP contribution in [0.3, 0.4) is 0 Å². The molecule has 0 unspecified atom stereocenters. The van der Waals surface area contributed by atoms with Crippen LogP contribution in [0.5, 0.6) is 11.5 Å². The van der Waals surface area contributed by atoms with E-state index in [4.69, 9.17) is 14.6 Å². The summed E-state index contributed by atoms with van der Waals surface area (Å²) in [6.07, 6.45) is -0.117. The molecule has 0 aliphatic carbocycles. The number of aromatic nitrogens is 3. The van der Waals surface area contributed by atoms with E-state index >= 15 is 0 Å². The Hall–Kier alpha value is -3.56. The number of halogens is 3. The maximum atomic E-state index is 12.8. The predicted molar refractivity (Wildman–Crippen MR) is 123 cm³/mol. The SMILES string of the molecule is COc1ccc(CCC(=O)O)cc1OCCCc1cn(-c2ccc(C(F)(F)F)cn2)nc1C(C)C. The zero-order chi connectivity index (χ0) is 25.6. The van der Waals surface area contributed by atoms with Gasteiger partial charge in [0.1, 0.15) is 0 Å². The number of benzene rings is 1. The number of alkyl halides is 3. The summed E-state index contributed by atoms with van der Waals surface area (Å²) >= 11 is 0. The van der Waals surface area contributed by atoms with Crippen LogP contribution >= 0.6 is 0 Å². The third kappa shape index (κ3) is 6.97. The average molecular weight is 492 g/mol. The van der Waals surface area contributed by atoms with Gasteiger partial charge in [0, 0.05) is 18.8 Å². The number of hydrogen-bond donors (Lipinski definition) is 1. The van der Waals surface area contributed by atoms with Gasteiger partial charge in [0.2, 0.25) is 0 Å². The molecule has 0 radical (unpaired) electrons. The highest BCUT2D eigenvalue weighted by molar-refractivity contribution is 5.67. The van der Waals surface area contributed by atoms with Crippen molar-refractivity contribution < 1.29 is 32.5 Å². The van der Waals surface area contributed by atoms with Crippen molar-refractivity contribution in [1.29, 1.82) is 0 Å². The molecule has 2 aromatic heterocycles. The van der Waals surface area contributed by atoms with Crippen LogP contribution in [-0.4, -0.2) is 39.6 Å². The Bertz CT molecular complexity index is 1140. The third-order valence-corrected chi connectivity index (χ3v) is 5.38. The van der Waals surface area contributed by atoms with Crippen molar-refractivity contribution in [2.45, 2.75) is 51.6 Å². The van der Waals surface area contributed by atoms with Gasteiger partial charge in [0.05, 0.1) is 25.0 Å². The van der Waals surface area contributed by atoms with Crippen LogP contribution in [0.4, 0.5) is 13.2 Å². The number of nitrogens with zero attached hydrogens (tertiary/aromatic N) is 3. The number of aliphatic carboxylic acids is 1. The van der Waals surface area contributed by atoms with Gasteiger partial charge in [-0.15, -0.1) is 0 Å². The molecule has 0 amide bonds. The molecule has 0 spiro atoms. The molecule has 10 heteroatoms. The first-order valence-corrected chi connectivity index (χ1v) is 11.2. The summed E-state index contributed by atoms with van der Waals surface area (Å²) in [6, 6.07) is 7.65. The minimum Gasteiger partial charge on any atom is -0.493 e. The molecule has 3 aromatic rings. The number of pyridine rings is 1. The molecule has 0 saturated heterocycles. The minimum absolute atomic E-state index is 0.0293. The quantitative estimate of drug-likeness (QED) is 0.359. The Morgan fingerprint density at radius 2 is 1.91 bits per heavy atom. The van der Waals surface area contributed by atoms with E-state index in [-0.39, 0.29) is 12.3 Å². The molecule has 2 heterocycles. The molecule has 0 fully saturated rings. The molecule has 0 aliphatic rings. The van der Waals surface area contributed by atoms with Crippen LogP contribution in [0, 0.1) is 0 Å². The van der Waals surface area contributed by atoms with E-state index in [9.17, 15) is 18.0 Å². The second kappa shape index (κ2) is 11.2. The number of aryl methyl sites for hydroxylation is 2. The molecular formula is C25H28F3N3O4. The molecule has 1 aromatic carbocycles. The molecule has 1 N–H and O–H groups in total. The number of methoxy groups -OCH3 is 1. The lowest BCUT2D eigenvalue weighted by Crippen LogP contribution is -2.07. The van der Waals surface area contributed by atoms with Gasteiger partial charge in [0.15, 0.2) is 17.3 Å². The molecule has 0 aliphatic heterocycles. The van der Waals surface area contributed by atoms with Gasteiger partial charge >= 0.3 is 12.1 Å². The second-order valence-corrected chi connectivity index (χ2v) is 8.37. The molecule has 7 nitrogen and oxygen atoms in total. The Morgan fingerprint density at radius 1 is 1.14 bits per heavy atom. The van der Waals surface area contributed by atoms with Crippen LogP contribution in [0.15, 0.2) is 42.7 Å². The fraction of sp³-hybridized carbons (Fsp3) is 0.400. The lowest BCUT2D eigenvalue weighted by molar-refractivity contribution is -0.138. The smallest absolute Gasteiger partial charge is 0.417 e. The second-order valence-electron chi connectivity index (χ2n) is 8.37. The monoisotopic (exact) mass is 491 g/mol. The number of carbonyl (C=O) groups is 1. The van der Waals surface area contributed by atoms with E-state index in [1.165, 1.54) is 17.9 Å². The van der Waals surface area contributed by atoms with E-state index in [0.29, 0.717) is 43.2 Å². The van der Waals surface area contributed by atoms with Gasteiger partial charge in [-0.05, 0) is 60.6 Å². The van der Waals surface area contributed by atoms with Gasteiger partial charge in [-0.1, -0.05) is 19.9 Å². The van der Waals surface area contributed by atoms with E-state index in [1.54, 1.807) is 18.3 Å². The van der Waals surface area contributed by atoms with Gasteiger partial charge in [-0.2, -0.15) is 18.3 Å². The maximum Gasteiger partial charge on any atom is 0.417 e. The predicted octanol–water partition coefficient (Wildman–Crippen LogP) is 5.45. The summed E-state index contributed by atoms with van der Waals surface area (Å²) < 4.78 is 51.2. The summed E-state index contributed by atoms with van der Waals surface area (Å²) in [6.45, 7) is 4.39. The largest absolute Gasteiger partial charge is 0.493 e. The van der Waals surface area contributed by atoms with Crippen molar-refractivity contribution in [3.05, 3.63) is 65.1 Å². The average Bonchev–Trinajstić information content (AvgIpc) is 3.24. The summed E-state index contributed by atoms with van der Waals surface area (Å²) in [5, 5.41) is 13.4. The van der Waals surface area contributed by atoms with E-state index in [2.05, 4.69) is 10.1 Å². The molecular weight excluding hydrogens is 463 g/mol. The number of carboxylic acid groups (broad SMARTS) is 1. The van der Waals surface area contributed by atoms with Crippen molar-refractivity contribution >= 4 is 5.97 Å². The van der Waals surface area contributed by atoms with Gasteiger partial charge in [0.25, 0.3) is 0 Å². The van der Waals surface area contributed by atoms with E-state index in [0.717, 1.165) is 29.1 Å². The lowest BCUT2D eigenvalue weighted by Gasteiger charge is -2.12. The van der Waals surface area contributed by atoms with Crippen LogP contribution < -0.4 is 9.47 Å². The van der Waals surface area contributed by atoms with Crippen LogP contribution in [-0.2, 0) is 23.8 Å². The Balaban J connectivity index is 1.66. The topological polar surface area (TPSA) is 86.5 Å². The fourth-order valence-electron chi connectivity index (χ4n) is 3.59. The summed E-state index contributed by atoms with van der Waals surface area (Å²) in [5.74, 6) is 0.673. The number of carboxylic acids is 1. The van der Waals surface area contributed by atoms with Crippen molar-refractivity contribution in [2.75, 3.05) is 13.7 Å². The summed E-state index contributed by atoms with van der Waals surface area (Å²) in [7, 11) is 1.54. The molecule has 3 rings (SSSR count). The van der Waals surface area contributed by atoms with Crippen molar-refractivity contribution in [3.63, 3.8) is 0 Å². The minimum atomic E-state index is -4.44. The molecule has 188 valence electrons. The number of hydrogen-bond acceptors (Lipinski definition) is 5. The fourth-order valence-corrected chi connectivity index (χ4v) is 3.59. The Labute approximate surface area is 201 Å². The maximum absolute atomic E-state index is 12.8. The van der Waals surface area contributed by atoms with Gasteiger partial charge < -0.3 is 14.6 Å². The highest BCUT2D eigenvalue weighted by Gasteiger charge is 2.30. The highest BCUT2D eigenvalue weighted by Crippen LogP contribution is 2.30. The first-order chi connectivity index (χ1) is 16.6. The van der Waals surface area contributed by atoms with Gasteiger partial charge in [-0.3, -0.25) is 4.79 Å². The van der Waals surface area contributed by atoms with Crippen molar-refractivity contribution in [3.8, 4) is 17.3 Å². The van der Waals surface area contributed by atoms with E-state index < -0.39 is 17.7 Å². The third-order valence-electron chi connectivity index (χ3n) is 5.38. The van der Waals surface area contributed by atoms with Crippen LogP contribution in [0.1, 0.15) is 55.0 Å².